The van der Waals surface area contributed by atoms with Crippen LogP contribution in [0.2, 0.25) is 0 Å². The molecule has 0 aliphatic heterocycles. The minimum Gasteiger partial charge on any atom is -0.367 e. The number of aliphatic hydroxyl groups excluding tert-OH is 1. The van der Waals surface area contributed by atoms with Crippen molar-refractivity contribution in [2.45, 2.75) is 111 Å². The van der Waals surface area contributed by atoms with Crippen LogP contribution in [0.4, 0.5) is 0 Å². The van der Waals surface area contributed by atoms with E-state index in [1.165, 1.54) is 57.8 Å². The molecule has 33 heavy (non-hydrogen) atoms. The van der Waals surface area contributed by atoms with Crippen LogP contribution in [0.1, 0.15) is 105 Å². The van der Waals surface area contributed by atoms with Crippen molar-refractivity contribution in [3.8, 4) is 0 Å². The van der Waals surface area contributed by atoms with Crippen molar-refractivity contribution in [3.05, 3.63) is 11.6 Å². The Morgan fingerprint density at radius 3 is 2.58 bits per heavy atom. The second kappa shape index (κ2) is 9.55. The zero-order chi connectivity index (χ0) is 24.0. The van der Waals surface area contributed by atoms with E-state index < -0.39 is 16.7 Å². The third-order valence-corrected chi connectivity index (χ3v) is 11.2. The van der Waals surface area contributed by atoms with Crippen LogP contribution in [0.5, 0.6) is 0 Å². The maximum Gasteiger partial charge on any atom is 0.399 e. The second-order valence-corrected chi connectivity index (χ2v) is 13.5. The molecule has 0 bridgehead atoms. The summed E-state index contributed by atoms with van der Waals surface area (Å²) in [6.07, 6.45) is 16.2. The number of allylic oxidation sites excluding steroid dienone is 2. The van der Waals surface area contributed by atoms with Crippen molar-refractivity contribution in [3.63, 3.8) is 0 Å². The zero-order valence-electron chi connectivity index (χ0n) is 21.1. The van der Waals surface area contributed by atoms with Gasteiger partial charge in [0.15, 0.2) is 6.29 Å². The van der Waals surface area contributed by atoms with E-state index in [1.54, 1.807) is 12.5 Å². The molecule has 9 atom stereocenters. The maximum atomic E-state index is 10.8. The van der Waals surface area contributed by atoms with Gasteiger partial charge in [-0.2, -0.15) is 8.42 Å². The number of fused-ring (bicyclic) bond motifs is 5. The summed E-state index contributed by atoms with van der Waals surface area (Å²) in [6.45, 7) is 9.36. The highest BCUT2D eigenvalue weighted by atomic mass is 32.3. The molecule has 4 rings (SSSR count). The standard InChI is InChI=1S/C27H46O5S/c1-18(8-7-9-19(2)25(28)32-33(29,30)31)22-13-14-23-21-12-11-20-10-5-6-16-26(20,3)24(21)15-17-27(22,23)4/h11,18-19,21-25,28H,5-10,12-17H2,1-4H3,(H,29,30,31)/t18-,19?,21+,22-,23+,24+,25?,26+,27-/m1/s1. The molecule has 0 amide bonds. The van der Waals surface area contributed by atoms with Gasteiger partial charge < -0.3 is 5.11 Å². The molecule has 4 aliphatic carbocycles. The van der Waals surface area contributed by atoms with Crippen molar-refractivity contribution in [1.29, 1.82) is 0 Å². The van der Waals surface area contributed by atoms with Gasteiger partial charge in [0.1, 0.15) is 0 Å². The fourth-order valence-corrected chi connectivity index (χ4v) is 9.44. The molecule has 190 valence electrons. The Balaban J connectivity index is 1.36. The highest BCUT2D eigenvalue weighted by Crippen LogP contribution is 2.67. The van der Waals surface area contributed by atoms with Crippen LogP contribution in [-0.2, 0) is 14.6 Å². The summed E-state index contributed by atoms with van der Waals surface area (Å²) >= 11 is 0. The summed E-state index contributed by atoms with van der Waals surface area (Å²) in [7, 11) is -4.62. The fraction of sp³-hybridized carbons (Fsp3) is 0.926. The Labute approximate surface area is 201 Å². The summed E-state index contributed by atoms with van der Waals surface area (Å²) in [5.74, 6) is 3.64. The van der Waals surface area contributed by atoms with Gasteiger partial charge in [-0.1, -0.05) is 58.6 Å². The smallest absolute Gasteiger partial charge is 0.367 e. The summed E-state index contributed by atoms with van der Waals surface area (Å²) in [4.78, 5) is 0. The molecule has 5 nitrogen and oxygen atoms in total. The second-order valence-electron chi connectivity index (χ2n) is 12.5. The van der Waals surface area contributed by atoms with Crippen LogP contribution >= 0.6 is 0 Å². The SMILES string of the molecule is CC(CCC[C@@H](C)[C@H]1CC[C@H]2[C@@H]3CC=C4CCCC[C@]4(C)[C@H]3CC[C@]12C)C(O)OS(=O)(=O)O. The van der Waals surface area contributed by atoms with E-state index in [2.05, 4.69) is 31.0 Å². The predicted molar refractivity (Wildman–Crippen MR) is 131 cm³/mol. The first kappa shape index (κ1) is 25.7. The van der Waals surface area contributed by atoms with Crippen LogP contribution in [0.15, 0.2) is 11.6 Å². The highest BCUT2D eigenvalue weighted by molar-refractivity contribution is 7.80. The zero-order valence-corrected chi connectivity index (χ0v) is 21.9. The molecular formula is C27H46O5S. The van der Waals surface area contributed by atoms with Crippen molar-refractivity contribution < 1.29 is 22.3 Å². The lowest BCUT2D eigenvalue weighted by Gasteiger charge is -2.58. The quantitative estimate of drug-likeness (QED) is 0.233. The van der Waals surface area contributed by atoms with Gasteiger partial charge in [0, 0.05) is 5.92 Å². The minimum atomic E-state index is -4.62. The maximum absolute atomic E-state index is 10.8. The topological polar surface area (TPSA) is 83.8 Å². The molecule has 2 N–H and O–H groups in total. The van der Waals surface area contributed by atoms with E-state index in [0.717, 1.165) is 36.5 Å². The van der Waals surface area contributed by atoms with Crippen molar-refractivity contribution >= 4 is 10.4 Å². The van der Waals surface area contributed by atoms with E-state index in [9.17, 15) is 13.5 Å². The lowest BCUT2D eigenvalue weighted by Crippen LogP contribution is -2.50. The van der Waals surface area contributed by atoms with Gasteiger partial charge in [0.05, 0.1) is 0 Å². The van der Waals surface area contributed by atoms with E-state index in [1.807, 2.05) is 0 Å². The number of rotatable bonds is 8. The van der Waals surface area contributed by atoms with E-state index in [0.29, 0.717) is 23.2 Å². The molecule has 3 fully saturated rings. The Kier molecular flexibility index (Phi) is 7.43. The summed E-state index contributed by atoms with van der Waals surface area (Å²) in [5, 5.41) is 9.87. The minimum absolute atomic E-state index is 0.332. The molecule has 3 saturated carbocycles. The molecule has 0 saturated heterocycles. The molecule has 0 radical (unpaired) electrons. The third kappa shape index (κ3) is 4.96. The summed E-state index contributed by atoms with van der Waals surface area (Å²) < 4.78 is 34.8. The first-order valence-electron chi connectivity index (χ1n) is 13.5. The average Bonchev–Trinajstić information content (AvgIpc) is 3.09. The summed E-state index contributed by atoms with van der Waals surface area (Å²) in [6, 6.07) is 0. The van der Waals surface area contributed by atoms with Gasteiger partial charge in [-0.05, 0) is 98.2 Å². The predicted octanol–water partition coefficient (Wildman–Crippen LogP) is 6.54. The van der Waals surface area contributed by atoms with E-state index >= 15 is 0 Å². The molecule has 0 spiro atoms. The van der Waals surface area contributed by atoms with Gasteiger partial charge in [-0.3, -0.25) is 4.55 Å². The average molecular weight is 483 g/mol. The lowest BCUT2D eigenvalue weighted by molar-refractivity contribution is -0.0627. The van der Waals surface area contributed by atoms with Gasteiger partial charge in [0.25, 0.3) is 0 Å². The molecular weight excluding hydrogens is 436 g/mol. The Morgan fingerprint density at radius 1 is 1.09 bits per heavy atom. The van der Waals surface area contributed by atoms with Crippen LogP contribution in [-0.4, -0.2) is 24.4 Å². The molecule has 0 aromatic carbocycles. The van der Waals surface area contributed by atoms with Gasteiger partial charge in [-0.25, -0.2) is 4.18 Å². The molecule has 0 heterocycles. The summed E-state index contributed by atoms with van der Waals surface area (Å²) in [5.41, 5.74) is 2.69. The number of aliphatic hydroxyl groups is 1. The fourth-order valence-electron chi connectivity index (χ4n) is 9.00. The van der Waals surface area contributed by atoms with Crippen LogP contribution in [0, 0.1) is 46.3 Å². The Bertz CT molecular complexity index is 837. The van der Waals surface area contributed by atoms with Crippen molar-refractivity contribution in [1.82, 2.24) is 0 Å². The monoisotopic (exact) mass is 482 g/mol. The van der Waals surface area contributed by atoms with Gasteiger partial charge in [-0.15, -0.1) is 0 Å². The first-order valence-corrected chi connectivity index (χ1v) is 14.9. The van der Waals surface area contributed by atoms with Crippen molar-refractivity contribution in [2.24, 2.45) is 46.3 Å². The normalized spacial score (nSPS) is 41.3. The largest absolute Gasteiger partial charge is 0.399 e. The first-order chi connectivity index (χ1) is 15.5. The molecule has 2 unspecified atom stereocenters. The van der Waals surface area contributed by atoms with Crippen LogP contribution in [0.25, 0.3) is 0 Å². The highest BCUT2D eigenvalue weighted by Gasteiger charge is 2.58. The molecule has 0 aromatic heterocycles. The Morgan fingerprint density at radius 2 is 1.85 bits per heavy atom. The Hall–Kier alpha value is -0.430. The van der Waals surface area contributed by atoms with Gasteiger partial charge in [0.2, 0.25) is 0 Å². The van der Waals surface area contributed by atoms with Crippen LogP contribution < -0.4 is 0 Å². The van der Waals surface area contributed by atoms with Crippen molar-refractivity contribution in [2.75, 3.05) is 0 Å². The van der Waals surface area contributed by atoms with Gasteiger partial charge >= 0.3 is 10.4 Å². The lowest BCUT2D eigenvalue weighted by atomic mass is 9.47. The van der Waals surface area contributed by atoms with E-state index in [4.69, 9.17) is 4.55 Å². The molecule has 4 aliphatic rings. The number of hydrogen-bond donors (Lipinski definition) is 2. The van der Waals surface area contributed by atoms with Crippen LogP contribution in [0.3, 0.4) is 0 Å². The molecule has 0 aromatic rings. The molecule has 6 heteroatoms. The van der Waals surface area contributed by atoms with E-state index in [-0.39, 0.29) is 5.92 Å². The third-order valence-electron chi connectivity index (χ3n) is 10.8. The number of hydrogen-bond acceptors (Lipinski definition) is 4.